The van der Waals surface area contributed by atoms with Crippen LogP contribution >= 0.6 is 27.5 Å². The number of nitrogens with one attached hydrogen (secondary N) is 1. The van der Waals surface area contributed by atoms with Gasteiger partial charge in [-0.2, -0.15) is 0 Å². The highest BCUT2D eigenvalue weighted by Gasteiger charge is 2.18. The number of hydrogen-bond acceptors (Lipinski definition) is 3. The summed E-state index contributed by atoms with van der Waals surface area (Å²) in [4.78, 5) is 8.82. The van der Waals surface area contributed by atoms with E-state index in [1.807, 2.05) is 20.8 Å². The van der Waals surface area contributed by atoms with Crippen molar-refractivity contribution in [1.29, 1.82) is 0 Å². The van der Waals surface area contributed by atoms with E-state index in [-0.39, 0.29) is 10.4 Å². The Balaban J connectivity index is 2.33. The molecule has 0 atom stereocenters. The minimum absolute atomic E-state index is 0.0687. The standard InChI is InChI=1S/C14H14BrClFN3/c1-14(2,3)13-19-11(15)7-12(20-13)18-8-4-5-10(17)9(16)6-8/h4-7H,1-3H3,(H,18,19,20). The average molecular weight is 359 g/mol. The summed E-state index contributed by atoms with van der Waals surface area (Å²) in [6, 6.07) is 6.19. The largest absolute Gasteiger partial charge is 0.340 e. The summed E-state index contributed by atoms with van der Waals surface area (Å²) in [5, 5.41) is 3.16. The lowest BCUT2D eigenvalue weighted by Gasteiger charge is -2.18. The van der Waals surface area contributed by atoms with Crippen LogP contribution in [0.25, 0.3) is 0 Å². The van der Waals surface area contributed by atoms with Crippen LogP contribution in [0.3, 0.4) is 0 Å². The van der Waals surface area contributed by atoms with Crippen LogP contribution in [0.15, 0.2) is 28.9 Å². The average Bonchev–Trinajstić information content (AvgIpc) is 2.32. The summed E-state index contributed by atoms with van der Waals surface area (Å²) >= 11 is 9.13. The van der Waals surface area contributed by atoms with Gasteiger partial charge in [-0.15, -0.1) is 0 Å². The molecule has 3 nitrogen and oxygen atoms in total. The maximum Gasteiger partial charge on any atom is 0.141 e. The van der Waals surface area contributed by atoms with Crippen LogP contribution in [0.5, 0.6) is 0 Å². The molecule has 0 aliphatic heterocycles. The van der Waals surface area contributed by atoms with Gasteiger partial charge in [0.25, 0.3) is 0 Å². The van der Waals surface area contributed by atoms with E-state index in [2.05, 4.69) is 31.2 Å². The van der Waals surface area contributed by atoms with E-state index < -0.39 is 5.82 Å². The normalized spacial score (nSPS) is 11.5. The Morgan fingerprint density at radius 1 is 1.20 bits per heavy atom. The van der Waals surface area contributed by atoms with Crippen molar-refractivity contribution >= 4 is 39.0 Å². The van der Waals surface area contributed by atoms with Gasteiger partial charge in [-0.1, -0.05) is 32.4 Å². The van der Waals surface area contributed by atoms with Gasteiger partial charge in [0.2, 0.25) is 0 Å². The van der Waals surface area contributed by atoms with Gasteiger partial charge in [-0.25, -0.2) is 14.4 Å². The van der Waals surface area contributed by atoms with E-state index in [9.17, 15) is 4.39 Å². The van der Waals surface area contributed by atoms with Gasteiger partial charge in [0.05, 0.1) is 5.02 Å². The zero-order chi connectivity index (χ0) is 14.9. The second-order valence-electron chi connectivity index (χ2n) is 5.40. The van der Waals surface area contributed by atoms with Crippen molar-refractivity contribution in [2.75, 3.05) is 5.32 Å². The maximum absolute atomic E-state index is 13.1. The highest BCUT2D eigenvalue weighted by molar-refractivity contribution is 9.10. The van der Waals surface area contributed by atoms with Gasteiger partial charge in [0.1, 0.15) is 22.1 Å². The molecule has 6 heteroatoms. The summed E-state index contributed by atoms with van der Waals surface area (Å²) in [6.45, 7) is 6.11. The lowest BCUT2D eigenvalue weighted by atomic mass is 9.96. The fourth-order valence-corrected chi connectivity index (χ4v) is 2.10. The number of anilines is 2. The number of hydrogen-bond donors (Lipinski definition) is 1. The van der Waals surface area contributed by atoms with Crippen LogP contribution < -0.4 is 5.32 Å². The van der Waals surface area contributed by atoms with Crippen LogP contribution in [0, 0.1) is 5.82 Å². The Labute approximate surface area is 130 Å². The lowest BCUT2D eigenvalue weighted by Crippen LogP contribution is -2.16. The van der Waals surface area contributed by atoms with Gasteiger partial charge in [-0.05, 0) is 34.1 Å². The summed E-state index contributed by atoms with van der Waals surface area (Å²) in [5.74, 6) is 0.888. The van der Waals surface area contributed by atoms with E-state index in [4.69, 9.17) is 11.6 Å². The topological polar surface area (TPSA) is 37.8 Å². The minimum Gasteiger partial charge on any atom is -0.340 e. The molecule has 0 bridgehead atoms. The fraction of sp³-hybridized carbons (Fsp3) is 0.286. The van der Waals surface area contributed by atoms with Crippen molar-refractivity contribution in [2.45, 2.75) is 26.2 Å². The van der Waals surface area contributed by atoms with Gasteiger partial charge in [0.15, 0.2) is 0 Å². The predicted molar refractivity (Wildman–Crippen MR) is 83.1 cm³/mol. The molecule has 0 saturated heterocycles. The zero-order valence-corrected chi connectivity index (χ0v) is 13.7. The molecule has 2 aromatic rings. The molecule has 0 aliphatic rings. The third kappa shape index (κ3) is 3.67. The van der Waals surface area contributed by atoms with Gasteiger partial charge in [-0.3, -0.25) is 0 Å². The number of nitrogens with zero attached hydrogens (tertiary/aromatic N) is 2. The second kappa shape index (κ2) is 5.66. The molecule has 0 unspecified atom stereocenters. The van der Waals surface area contributed by atoms with Gasteiger partial charge >= 0.3 is 0 Å². The van der Waals surface area contributed by atoms with Crippen LogP contribution in [0.4, 0.5) is 15.9 Å². The van der Waals surface area contributed by atoms with E-state index in [1.54, 1.807) is 12.1 Å². The smallest absolute Gasteiger partial charge is 0.141 e. The number of aromatic nitrogens is 2. The van der Waals surface area contributed by atoms with Crippen LogP contribution in [0.1, 0.15) is 26.6 Å². The molecule has 1 aromatic carbocycles. The molecule has 0 aliphatic carbocycles. The third-order valence-corrected chi connectivity index (χ3v) is 3.25. The summed E-state index contributed by atoms with van der Waals surface area (Å²) in [5.41, 5.74) is 0.502. The Morgan fingerprint density at radius 2 is 1.90 bits per heavy atom. The van der Waals surface area contributed by atoms with Crippen molar-refractivity contribution in [3.05, 3.63) is 45.5 Å². The molecule has 2 rings (SSSR count). The first-order chi connectivity index (χ1) is 9.25. The Hall–Kier alpha value is -1.20. The number of benzene rings is 1. The summed E-state index contributed by atoms with van der Waals surface area (Å²) in [7, 11) is 0. The van der Waals surface area contributed by atoms with Crippen molar-refractivity contribution in [1.82, 2.24) is 9.97 Å². The molecule has 1 aromatic heterocycles. The molecular weight excluding hydrogens is 345 g/mol. The first-order valence-electron chi connectivity index (χ1n) is 6.03. The Bertz CT molecular complexity index is 641. The second-order valence-corrected chi connectivity index (χ2v) is 6.62. The minimum atomic E-state index is -0.448. The number of rotatable bonds is 2. The van der Waals surface area contributed by atoms with E-state index >= 15 is 0 Å². The highest BCUT2D eigenvalue weighted by atomic mass is 79.9. The highest BCUT2D eigenvalue weighted by Crippen LogP contribution is 2.26. The molecule has 1 heterocycles. The van der Waals surface area contributed by atoms with Gasteiger partial charge in [0, 0.05) is 17.2 Å². The zero-order valence-electron chi connectivity index (χ0n) is 11.3. The number of halogens is 3. The first kappa shape index (κ1) is 15.2. The monoisotopic (exact) mass is 357 g/mol. The quantitative estimate of drug-likeness (QED) is 0.761. The predicted octanol–water partition coefficient (Wildman–Crippen LogP) is 5.07. The Morgan fingerprint density at radius 3 is 2.50 bits per heavy atom. The SMILES string of the molecule is CC(C)(C)c1nc(Br)cc(Nc2ccc(F)c(Cl)c2)n1. The third-order valence-electron chi connectivity index (χ3n) is 2.56. The molecular formula is C14H14BrClFN3. The van der Waals surface area contributed by atoms with E-state index in [0.29, 0.717) is 21.9 Å². The summed E-state index contributed by atoms with van der Waals surface area (Å²) < 4.78 is 13.8. The molecule has 0 saturated carbocycles. The first-order valence-corrected chi connectivity index (χ1v) is 7.20. The van der Waals surface area contributed by atoms with Crippen LogP contribution in [0.2, 0.25) is 5.02 Å². The molecule has 0 amide bonds. The maximum atomic E-state index is 13.1. The summed E-state index contributed by atoms with van der Waals surface area (Å²) in [6.07, 6.45) is 0. The van der Waals surface area contributed by atoms with Crippen molar-refractivity contribution < 1.29 is 4.39 Å². The van der Waals surface area contributed by atoms with Crippen LogP contribution in [-0.4, -0.2) is 9.97 Å². The molecule has 20 heavy (non-hydrogen) atoms. The molecule has 0 radical (unpaired) electrons. The Kier molecular flexibility index (Phi) is 4.30. The van der Waals surface area contributed by atoms with Gasteiger partial charge < -0.3 is 5.32 Å². The van der Waals surface area contributed by atoms with E-state index in [0.717, 1.165) is 0 Å². The fourth-order valence-electron chi connectivity index (χ4n) is 1.54. The van der Waals surface area contributed by atoms with E-state index in [1.165, 1.54) is 12.1 Å². The lowest BCUT2D eigenvalue weighted by molar-refractivity contribution is 0.544. The van der Waals surface area contributed by atoms with Crippen molar-refractivity contribution in [3.63, 3.8) is 0 Å². The molecule has 1 N–H and O–H groups in total. The molecule has 0 spiro atoms. The molecule has 106 valence electrons. The van der Waals surface area contributed by atoms with Crippen molar-refractivity contribution in [2.24, 2.45) is 0 Å². The van der Waals surface area contributed by atoms with Crippen LogP contribution in [-0.2, 0) is 5.41 Å². The van der Waals surface area contributed by atoms with Crippen molar-refractivity contribution in [3.8, 4) is 0 Å². The molecule has 0 fully saturated rings.